The molecular formula is C18H20Cl2N4. The minimum Gasteiger partial charge on any atom is -1.00 e. The molecule has 0 saturated heterocycles. The molecule has 5 atom stereocenters. The van der Waals surface area contributed by atoms with E-state index in [-0.39, 0.29) is 12.4 Å². The number of benzene rings is 1. The Kier molecular flexibility index (Phi) is 3.94. The molecule has 5 unspecified atom stereocenters. The number of azo groups is 1. The molecule has 4 nitrogen and oxygen atoms in total. The van der Waals surface area contributed by atoms with Crippen molar-refractivity contribution in [3.05, 3.63) is 53.0 Å². The third-order valence-corrected chi connectivity index (χ3v) is 6.16. The van der Waals surface area contributed by atoms with Crippen molar-refractivity contribution in [1.82, 2.24) is 4.90 Å². The Hall–Kier alpha value is -1.36. The Morgan fingerprint density at radius 1 is 1.33 bits per heavy atom. The summed E-state index contributed by atoms with van der Waals surface area (Å²) in [7, 11) is 0. The van der Waals surface area contributed by atoms with Gasteiger partial charge < -0.3 is 17.3 Å². The van der Waals surface area contributed by atoms with E-state index in [4.69, 9.17) is 11.6 Å². The van der Waals surface area contributed by atoms with Gasteiger partial charge in [0, 0.05) is 35.0 Å². The van der Waals surface area contributed by atoms with Crippen LogP contribution in [-0.4, -0.2) is 23.7 Å². The number of halogens is 2. The van der Waals surface area contributed by atoms with Crippen molar-refractivity contribution in [3.8, 4) is 0 Å². The summed E-state index contributed by atoms with van der Waals surface area (Å²) in [4.78, 5) is 3.82. The Labute approximate surface area is 153 Å². The Morgan fingerprint density at radius 3 is 3.08 bits per heavy atom. The highest BCUT2D eigenvalue weighted by Crippen LogP contribution is 2.39. The summed E-state index contributed by atoms with van der Waals surface area (Å²) >= 11 is 6.28. The van der Waals surface area contributed by atoms with Crippen LogP contribution in [0.1, 0.15) is 18.9 Å². The maximum Gasteiger partial charge on any atom is 0.206 e. The second kappa shape index (κ2) is 5.87. The van der Waals surface area contributed by atoms with Gasteiger partial charge in [0.2, 0.25) is 5.82 Å². The maximum atomic E-state index is 6.28. The van der Waals surface area contributed by atoms with Crippen LogP contribution in [0.25, 0.3) is 0 Å². The number of fused-ring (bicyclic) bond motifs is 7. The molecule has 0 fully saturated rings. The molecule has 4 aliphatic rings. The molecule has 1 aliphatic carbocycles. The van der Waals surface area contributed by atoms with E-state index in [0.29, 0.717) is 30.6 Å². The van der Waals surface area contributed by atoms with Crippen molar-refractivity contribution in [2.45, 2.75) is 31.8 Å². The molecule has 0 saturated carbocycles. The van der Waals surface area contributed by atoms with Gasteiger partial charge in [-0.15, -0.1) is 5.11 Å². The van der Waals surface area contributed by atoms with Gasteiger partial charge in [-0.25, -0.2) is 0 Å². The van der Waals surface area contributed by atoms with Gasteiger partial charge in [0.1, 0.15) is 24.6 Å². The van der Waals surface area contributed by atoms with Gasteiger partial charge in [-0.05, 0) is 18.4 Å². The Bertz CT molecular complexity index is 757. The van der Waals surface area contributed by atoms with E-state index in [1.807, 2.05) is 6.07 Å². The number of quaternary nitrogens is 1. The second-order valence-electron chi connectivity index (χ2n) is 7.09. The fraction of sp³-hybridized carbons (Fsp3) is 0.444. The van der Waals surface area contributed by atoms with Crippen LogP contribution in [0.4, 0.5) is 5.69 Å². The van der Waals surface area contributed by atoms with Crippen LogP contribution in [0, 0.1) is 11.8 Å². The number of allylic oxidation sites excluding steroid dienone is 1. The van der Waals surface area contributed by atoms with Gasteiger partial charge in [0.05, 0.1) is 0 Å². The quantitative estimate of drug-likeness (QED) is 0.642. The minimum absolute atomic E-state index is 0. The van der Waals surface area contributed by atoms with Crippen molar-refractivity contribution in [2.24, 2.45) is 22.1 Å². The summed E-state index contributed by atoms with van der Waals surface area (Å²) in [5.74, 6) is 2.22. The molecule has 0 amide bonds. The third-order valence-electron chi connectivity index (χ3n) is 5.92. The summed E-state index contributed by atoms with van der Waals surface area (Å²) in [5, 5.41) is 9.53. The topological polar surface area (TPSA) is 32.4 Å². The van der Waals surface area contributed by atoms with Gasteiger partial charge in [-0.3, -0.25) is 4.90 Å². The summed E-state index contributed by atoms with van der Waals surface area (Å²) < 4.78 is 0. The molecule has 3 aliphatic heterocycles. The SMILES string of the molecule is CC1C=CCC2C1C1Cc3ccc(Cl)cc3[NH+]1C=C1N=NCN12.[Cl-]. The van der Waals surface area contributed by atoms with E-state index in [2.05, 4.69) is 52.5 Å². The summed E-state index contributed by atoms with van der Waals surface area (Å²) in [6.45, 7) is 3.06. The predicted molar refractivity (Wildman–Crippen MR) is 89.4 cm³/mol. The Morgan fingerprint density at radius 2 is 2.21 bits per heavy atom. The molecule has 126 valence electrons. The van der Waals surface area contributed by atoms with Gasteiger partial charge in [0.15, 0.2) is 0 Å². The molecule has 0 radical (unpaired) electrons. The molecule has 1 N–H and O–H groups in total. The van der Waals surface area contributed by atoms with Crippen molar-refractivity contribution in [2.75, 3.05) is 6.67 Å². The highest BCUT2D eigenvalue weighted by molar-refractivity contribution is 6.30. The van der Waals surface area contributed by atoms with E-state index in [1.165, 1.54) is 16.2 Å². The molecule has 0 bridgehead atoms. The van der Waals surface area contributed by atoms with Crippen molar-refractivity contribution < 1.29 is 17.3 Å². The van der Waals surface area contributed by atoms with Gasteiger partial charge in [0.25, 0.3) is 0 Å². The molecule has 0 aromatic heterocycles. The van der Waals surface area contributed by atoms with Crippen LogP contribution in [0.5, 0.6) is 0 Å². The zero-order valence-corrected chi connectivity index (χ0v) is 15.0. The Balaban J connectivity index is 0.00000146. The predicted octanol–water partition coefficient (Wildman–Crippen LogP) is -0.0963. The zero-order valence-electron chi connectivity index (χ0n) is 13.5. The van der Waals surface area contributed by atoms with E-state index >= 15 is 0 Å². The van der Waals surface area contributed by atoms with Crippen molar-refractivity contribution >= 4 is 17.3 Å². The van der Waals surface area contributed by atoms with Crippen molar-refractivity contribution in [3.63, 3.8) is 0 Å². The third kappa shape index (κ3) is 2.24. The first-order chi connectivity index (χ1) is 11.2. The first-order valence-electron chi connectivity index (χ1n) is 8.40. The van der Waals surface area contributed by atoms with E-state index in [9.17, 15) is 0 Å². The van der Waals surface area contributed by atoms with E-state index < -0.39 is 0 Å². The van der Waals surface area contributed by atoms with Crippen LogP contribution in [0.15, 0.2) is 52.6 Å². The first kappa shape index (κ1) is 16.1. The van der Waals surface area contributed by atoms with E-state index in [1.54, 1.807) is 0 Å². The summed E-state index contributed by atoms with van der Waals surface area (Å²) in [5.41, 5.74) is 2.74. The lowest BCUT2D eigenvalue weighted by molar-refractivity contribution is -0.804. The van der Waals surface area contributed by atoms with Gasteiger partial charge in [-0.2, -0.15) is 5.11 Å². The minimum atomic E-state index is 0. The number of nitrogens with one attached hydrogen (secondary N) is 1. The van der Waals surface area contributed by atoms with Crippen LogP contribution >= 0.6 is 11.6 Å². The fourth-order valence-electron chi connectivity index (χ4n) is 4.94. The molecule has 6 heteroatoms. The van der Waals surface area contributed by atoms with Crippen LogP contribution in [0.3, 0.4) is 0 Å². The van der Waals surface area contributed by atoms with Crippen LogP contribution in [0.2, 0.25) is 5.02 Å². The average molecular weight is 363 g/mol. The fourth-order valence-corrected chi connectivity index (χ4v) is 5.11. The lowest BCUT2D eigenvalue weighted by Gasteiger charge is -2.39. The largest absolute Gasteiger partial charge is 1.00 e. The first-order valence-corrected chi connectivity index (χ1v) is 8.78. The summed E-state index contributed by atoms with van der Waals surface area (Å²) in [6.07, 6.45) is 9.22. The normalized spacial score (nSPS) is 35.3. The van der Waals surface area contributed by atoms with Crippen molar-refractivity contribution in [1.29, 1.82) is 0 Å². The van der Waals surface area contributed by atoms with Crippen LogP contribution in [-0.2, 0) is 6.42 Å². The molecule has 24 heavy (non-hydrogen) atoms. The van der Waals surface area contributed by atoms with Gasteiger partial charge >= 0.3 is 0 Å². The van der Waals surface area contributed by atoms with Gasteiger partial charge in [-0.1, -0.05) is 36.7 Å². The lowest BCUT2D eigenvalue weighted by atomic mass is 9.75. The molecule has 3 heterocycles. The molecule has 5 rings (SSSR count). The number of hydrogen-bond donors (Lipinski definition) is 1. The zero-order chi connectivity index (χ0) is 15.6. The number of rotatable bonds is 0. The highest BCUT2D eigenvalue weighted by atomic mass is 35.5. The number of nitrogens with zero attached hydrogens (tertiary/aromatic N) is 3. The number of hydrogen-bond acceptors (Lipinski definition) is 3. The molecule has 1 aromatic carbocycles. The monoisotopic (exact) mass is 362 g/mol. The molecule has 0 spiro atoms. The summed E-state index contributed by atoms with van der Waals surface area (Å²) in [6, 6.07) is 7.40. The molecule has 1 aromatic rings. The smallest absolute Gasteiger partial charge is 0.206 e. The lowest BCUT2D eigenvalue weighted by Crippen LogP contribution is -3.06. The van der Waals surface area contributed by atoms with E-state index in [0.717, 1.165) is 23.7 Å². The molecular weight excluding hydrogens is 343 g/mol. The maximum absolute atomic E-state index is 6.28. The highest BCUT2D eigenvalue weighted by Gasteiger charge is 2.50. The average Bonchev–Trinajstić information content (AvgIpc) is 3.10. The second-order valence-corrected chi connectivity index (χ2v) is 7.53. The standard InChI is InChI=1S/C18H19ClN4.ClH/c1-11-3-2-4-14-18(11)16-7-12-5-6-13(19)8-15(12)22(16)9-17-21-20-10-23(14)17;/h2-3,5-6,8-9,11,14,16,18H,4,7,10H2,1H3;1H. The van der Waals surface area contributed by atoms with Crippen LogP contribution < -0.4 is 17.3 Å².